The Kier molecular flexibility index (Phi) is 3.29. The number of nitrogens with zero attached hydrogens (tertiary/aromatic N) is 2. The Hall–Kier alpha value is -0.850. The molecule has 0 spiro atoms. The van der Waals surface area contributed by atoms with Crippen LogP contribution in [0.1, 0.15) is 37.4 Å². The average Bonchev–Trinajstić information content (AvgIpc) is 2.59. The molecule has 1 aliphatic carbocycles. The van der Waals surface area contributed by atoms with Crippen LogP contribution in [-0.2, 0) is 7.05 Å². The Labute approximate surface area is 102 Å². The van der Waals surface area contributed by atoms with Gasteiger partial charge in [-0.05, 0) is 25.1 Å². The maximum Gasteiger partial charge on any atom is 0.392 e. The molecule has 17 heavy (non-hydrogen) atoms. The zero-order chi connectivity index (χ0) is 12.6. The van der Waals surface area contributed by atoms with Crippen LogP contribution in [0.4, 0.5) is 13.2 Å². The number of rotatable bonds is 1. The second-order valence-corrected chi connectivity index (χ2v) is 4.87. The first kappa shape index (κ1) is 12.6. The van der Waals surface area contributed by atoms with Crippen LogP contribution in [0.3, 0.4) is 0 Å². The van der Waals surface area contributed by atoms with Crippen molar-refractivity contribution in [3.63, 3.8) is 0 Å². The summed E-state index contributed by atoms with van der Waals surface area (Å²) in [4.78, 5) is 0. The largest absolute Gasteiger partial charge is 0.392 e. The number of hydrogen-bond donors (Lipinski definition) is 1. The van der Waals surface area contributed by atoms with E-state index in [-0.39, 0.29) is 6.42 Å². The smallest absolute Gasteiger partial charge is 0.307 e. The summed E-state index contributed by atoms with van der Waals surface area (Å²) >= 11 is 4.94. The molecule has 1 fully saturated rings. The van der Waals surface area contributed by atoms with Crippen molar-refractivity contribution in [1.82, 2.24) is 14.8 Å². The number of aromatic amines is 1. The topological polar surface area (TPSA) is 33.6 Å². The molecule has 3 nitrogen and oxygen atoms in total. The van der Waals surface area contributed by atoms with Crippen molar-refractivity contribution in [2.24, 2.45) is 13.0 Å². The molecule has 0 aliphatic heterocycles. The quantitative estimate of drug-likeness (QED) is 0.790. The van der Waals surface area contributed by atoms with Crippen molar-refractivity contribution >= 4 is 12.2 Å². The summed E-state index contributed by atoms with van der Waals surface area (Å²) in [6.07, 6.45) is -1.99. The standard InChI is InChI=1S/C10H14F3N3S/c1-16-8(14-15-9(16)17)6-4-2-3-5-7(6)10(11,12)13/h6-7H,2-5H2,1H3,(H,15,17). The summed E-state index contributed by atoms with van der Waals surface area (Å²) < 4.78 is 40.7. The summed E-state index contributed by atoms with van der Waals surface area (Å²) in [5.74, 6) is -1.43. The minimum Gasteiger partial charge on any atom is -0.307 e. The SMILES string of the molecule is Cn1c(C2CCCCC2C(F)(F)F)n[nH]c1=S. The molecule has 2 atom stereocenters. The van der Waals surface area contributed by atoms with E-state index in [0.717, 1.165) is 6.42 Å². The van der Waals surface area contributed by atoms with Crippen LogP contribution >= 0.6 is 12.2 Å². The van der Waals surface area contributed by atoms with E-state index in [1.54, 1.807) is 11.6 Å². The minimum atomic E-state index is -4.15. The molecule has 1 aromatic heterocycles. The number of nitrogens with one attached hydrogen (secondary N) is 1. The third-order valence-corrected chi connectivity index (χ3v) is 3.80. The van der Waals surface area contributed by atoms with E-state index in [9.17, 15) is 13.2 Å². The van der Waals surface area contributed by atoms with E-state index in [1.807, 2.05) is 0 Å². The highest BCUT2D eigenvalue weighted by Gasteiger charge is 2.47. The number of H-pyrrole nitrogens is 1. The fourth-order valence-electron chi connectivity index (χ4n) is 2.52. The summed E-state index contributed by atoms with van der Waals surface area (Å²) in [7, 11) is 1.66. The van der Waals surface area contributed by atoms with Gasteiger partial charge in [0.05, 0.1) is 5.92 Å². The lowest BCUT2D eigenvalue weighted by Gasteiger charge is -2.32. The second kappa shape index (κ2) is 4.44. The predicted molar refractivity (Wildman–Crippen MR) is 59.1 cm³/mol. The Morgan fingerprint density at radius 2 is 2.00 bits per heavy atom. The van der Waals surface area contributed by atoms with Gasteiger partial charge in [-0.15, -0.1) is 0 Å². The van der Waals surface area contributed by atoms with Gasteiger partial charge in [-0.25, -0.2) is 0 Å². The lowest BCUT2D eigenvalue weighted by Crippen LogP contribution is -2.32. The van der Waals surface area contributed by atoms with Gasteiger partial charge in [0, 0.05) is 13.0 Å². The molecule has 2 rings (SSSR count). The lowest BCUT2D eigenvalue weighted by molar-refractivity contribution is -0.188. The Morgan fingerprint density at radius 1 is 1.35 bits per heavy atom. The molecule has 0 aromatic carbocycles. The highest BCUT2D eigenvalue weighted by atomic mass is 32.1. The molecule has 1 saturated carbocycles. The molecule has 1 aromatic rings. The Morgan fingerprint density at radius 3 is 2.53 bits per heavy atom. The normalized spacial score (nSPS) is 26.1. The Balaban J connectivity index is 2.34. The van der Waals surface area contributed by atoms with Crippen LogP contribution < -0.4 is 0 Å². The summed E-state index contributed by atoms with van der Waals surface area (Å²) in [5.41, 5.74) is 0. The zero-order valence-corrected chi connectivity index (χ0v) is 10.2. The van der Waals surface area contributed by atoms with Crippen molar-refractivity contribution in [3.05, 3.63) is 10.6 Å². The van der Waals surface area contributed by atoms with Gasteiger partial charge in [-0.1, -0.05) is 12.8 Å². The zero-order valence-electron chi connectivity index (χ0n) is 9.42. The van der Waals surface area contributed by atoms with Gasteiger partial charge in [-0.3, -0.25) is 5.10 Å². The summed E-state index contributed by atoms with van der Waals surface area (Å²) in [5, 5.41) is 6.50. The molecule has 1 N–H and O–H groups in total. The van der Waals surface area contributed by atoms with E-state index in [4.69, 9.17) is 12.2 Å². The molecular weight excluding hydrogens is 251 g/mol. The molecule has 0 bridgehead atoms. The van der Waals surface area contributed by atoms with Crippen LogP contribution in [0, 0.1) is 10.7 Å². The molecule has 2 unspecified atom stereocenters. The average molecular weight is 265 g/mol. The third-order valence-electron chi connectivity index (χ3n) is 3.43. The van der Waals surface area contributed by atoms with E-state index in [1.165, 1.54) is 0 Å². The number of halogens is 3. The Bertz CT molecular complexity index is 448. The lowest BCUT2D eigenvalue weighted by atomic mass is 9.78. The van der Waals surface area contributed by atoms with Crippen LogP contribution in [-0.4, -0.2) is 20.9 Å². The number of alkyl halides is 3. The maximum atomic E-state index is 12.9. The van der Waals surface area contributed by atoms with Crippen LogP contribution in [0.2, 0.25) is 0 Å². The van der Waals surface area contributed by atoms with Gasteiger partial charge in [0.25, 0.3) is 0 Å². The van der Waals surface area contributed by atoms with Gasteiger partial charge >= 0.3 is 6.18 Å². The van der Waals surface area contributed by atoms with Gasteiger partial charge in [0.15, 0.2) is 4.77 Å². The molecule has 7 heteroatoms. The van der Waals surface area contributed by atoms with E-state index in [2.05, 4.69) is 10.2 Å². The second-order valence-electron chi connectivity index (χ2n) is 4.49. The third kappa shape index (κ3) is 2.38. The monoisotopic (exact) mass is 265 g/mol. The molecule has 1 heterocycles. The van der Waals surface area contributed by atoms with Gasteiger partial charge in [0.2, 0.25) is 0 Å². The predicted octanol–water partition coefficient (Wildman–Crippen LogP) is 3.31. The first-order valence-electron chi connectivity index (χ1n) is 5.59. The molecule has 96 valence electrons. The number of aromatic nitrogens is 3. The first-order valence-corrected chi connectivity index (χ1v) is 6.00. The molecule has 0 amide bonds. The molecular formula is C10H14F3N3S. The molecule has 0 radical (unpaired) electrons. The summed E-state index contributed by atoms with van der Waals surface area (Å²) in [6, 6.07) is 0. The van der Waals surface area contributed by atoms with E-state index >= 15 is 0 Å². The van der Waals surface area contributed by atoms with Gasteiger partial charge in [0.1, 0.15) is 5.82 Å². The summed E-state index contributed by atoms with van der Waals surface area (Å²) in [6.45, 7) is 0. The van der Waals surface area contributed by atoms with Crippen LogP contribution in [0.15, 0.2) is 0 Å². The highest BCUT2D eigenvalue weighted by Crippen LogP contribution is 2.45. The molecule has 0 saturated heterocycles. The van der Waals surface area contributed by atoms with Crippen molar-refractivity contribution in [2.75, 3.05) is 0 Å². The van der Waals surface area contributed by atoms with Crippen LogP contribution in [0.5, 0.6) is 0 Å². The number of hydrogen-bond acceptors (Lipinski definition) is 2. The van der Waals surface area contributed by atoms with Crippen molar-refractivity contribution < 1.29 is 13.2 Å². The van der Waals surface area contributed by atoms with Crippen molar-refractivity contribution in [1.29, 1.82) is 0 Å². The molecule has 1 aliphatic rings. The fourth-order valence-corrected chi connectivity index (χ4v) is 2.66. The van der Waals surface area contributed by atoms with E-state index < -0.39 is 18.0 Å². The van der Waals surface area contributed by atoms with Crippen molar-refractivity contribution in [2.45, 2.75) is 37.8 Å². The first-order chi connectivity index (χ1) is 7.91. The van der Waals surface area contributed by atoms with Gasteiger partial charge in [-0.2, -0.15) is 18.3 Å². The maximum absolute atomic E-state index is 12.9. The van der Waals surface area contributed by atoms with Crippen molar-refractivity contribution in [3.8, 4) is 0 Å². The van der Waals surface area contributed by atoms with Gasteiger partial charge < -0.3 is 4.57 Å². The van der Waals surface area contributed by atoms with E-state index in [0.29, 0.717) is 23.4 Å². The highest BCUT2D eigenvalue weighted by molar-refractivity contribution is 7.71. The fraction of sp³-hybridized carbons (Fsp3) is 0.800. The minimum absolute atomic E-state index is 0.188. The van der Waals surface area contributed by atoms with Crippen LogP contribution in [0.25, 0.3) is 0 Å².